The Kier molecular flexibility index (Phi) is 3.25. The molecule has 0 aromatic heterocycles. The van der Waals surface area contributed by atoms with Crippen molar-refractivity contribution in [3.05, 3.63) is 35.4 Å². The average molecular weight is 206 g/mol. The van der Waals surface area contributed by atoms with Gasteiger partial charge in [-0.05, 0) is 29.2 Å². The number of hydrogen-bond donors (Lipinski definition) is 0. The molecule has 1 fully saturated rings. The van der Waals surface area contributed by atoms with Crippen LogP contribution in [0.4, 0.5) is 0 Å². The van der Waals surface area contributed by atoms with Gasteiger partial charge in [-0.3, -0.25) is 0 Å². The van der Waals surface area contributed by atoms with Gasteiger partial charge in [0.1, 0.15) is 6.29 Å². The summed E-state index contributed by atoms with van der Waals surface area (Å²) >= 11 is 2.04. The predicted octanol–water partition coefficient (Wildman–Crippen LogP) is 2.65. The predicted molar refractivity (Wildman–Crippen MR) is 60.9 cm³/mol. The Hall–Kier alpha value is -0.760. The van der Waals surface area contributed by atoms with Gasteiger partial charge in [0.05, 0.1) is 0 Å². The monoisotopic (exact) mass is 206 g/mol. The van der Waals surface area contributed by atoms with E-state index in [2.05, 4.69) is 24.3 Å². The highest BCUT2D eigenvalue weighted by Crippen LogP contribution is 2.32. The third-order valence-corrected chi connectivity index (χ3v) is 3.86. The highest BCUT2D eigenvalue weighted by molar-refractivity contribution is 7.99. The summed E-state index contributed by atoms with van der Waals surface area (Å²) in [7, 11) is 0. The first-order valence-electron chi connectivity index (χ1n) is 5.00. The van der Waals surface area contributed by atoms with Crippen LogP contribution >= 0.6 is 11.8 Å². The molecule has 1 heterocycles. The van der Waals surface area contributed by atoms with E-state index in [0.717, 1.165) is 17.8 Å². The summed E-state index contributed by atoms with van der Waals surface area (Å²) in [5.74, 6) is 3.29. The Bertz CT molecular complexity index is 299. The molecule has 1 saturated heterocycles. The molecule has 1 aliphatic rings. The van der Waals surface area contributed by atoms with E-state index in [9.17, 15) is 4.79 Å². The topological polar surface area (TPSA) is 17.1 Å². The third kappa shape index (κ3) is 2.18. The van der Waals surface area contributed by atoms with Gasteiger partial charge >= 0.3 is 0 Å². The molecule has 1 nitrogen and oxygen atoms in total. The van der Waals surface area contributed by atoms with Crippen molar-refractivity contribution in [3.8, 4) is 0 Å². The maximum atomic E-state index is 10.3. The van der Waals surface area contributed by atoms with Gasteiger partial charge in [-0.2, -0.15) is 11.8 Å². The number of benzene rings is 1. The molecule has 1 atom stereocenters. The van der Waals surface area contributed by atoms with Crippen LogP contribution < -0.4 is 0 Å². The van der Waals surface area contributed by atoms with E-state index in [1.165, 1.54) is 23.5 Å². The van der Waals surface area contributed by atoms with Crippen LogP contribution in [-0.4, -0.2) is 17.8 Å². The molecule has 1 aliphatic heterocycles. The molecule has 74 valence electrons. The summed E-state index contributed by atoms with van der Waals surface area (Å²) in [6, 6.07) is 8.50. The molecule has 1 aromatic rings. The average Bonchev–Trinajstić information content (AvgIpc) is 2.72. The molecule has 0 N–H and O–H groups in total. The summed E-state index contributed by atoms with van der Waals surface area (Å²) < 4.78 is 0. The molecule has 0 saturated carbocycles. The van der Waals surface area contributed by atoms with Gasteiger partial charge in [0.2, 0.25) is 0 Å². The highest BCUT2D eigenvalue weighted by Gasteiger charge is 2.16. The summed E-state index contributed by atoms with van der Waals surface area (Å²) in [5.41, 5.74) is 2.55. The Labute approximate surface area is 88.9 Å². The third-order valence-electron chi connectivity index (χ3n) is 2.70. The molecule has 1 unspecified atom stereocenters. The first kappa shape index (κ1) is 9.78. The lowest BCUT2D eigenvalue weighted by atomic mass is 9.97. The molecular weight excluding hydrogens is 192 g/mol. The summed E-state index contributed by atoms with van der Waals surface area (Å²) in [4.78, 5) is 10.3. The van der Waals surface area contributed by atoms with Crippen LogP contribution in [0.5, 0.6) is 0 Å². The Morgan fingerprint density at radius 3 is 2.71 bits per heavy atom. The van der Waals surface area contributed by atoms with Gasteiger partial charge in [0.15, 0.2) is 0 Å². The first-order chi connectivity index (χ1) is 6.90. The molecule has 0 amide bonds. The molecule has 14 heavy (non-hydrogen) atoms. The number of aldehydes is 1. The standard InChI is InChI=1S/C12H14OS/c13-7-5-10-1-3-11(4-2-10)12-6-8-14-9-12/h1-4,7,12H,5-6,8-9H2. The van der Waals surface area contributed by atoms with Crippen LogP contribution in [-0.2, 0) is 11.2 Å². The largest absolute Gasteiger partial charge is 0.303 e. The van der Waals surface area contributed by atoms with Crippen LogP contribution in [0, 0.1) is 0 Å². The lowest BCUT2D eigenvalue weighted by Gasteiger charge is -2.08. The fourth-order valence-corrected chi connectivity index (χ4v) is 3.08. The second-order valence-electron chi connectivity index (χ2n) is 3.67. The number of carbonyl (C=O) groups is 1. The maximum absolute atomic E-state index is 10.3. The zero-order valence-corrected chi connectivity index (χ0v) is 8.93. The molecule has 1 aromatic carbocycles. The normalized spacial score (nSPS) is 21.0. The van der Waals surface area contributed by atoms with Gasteiger partial charge in [-0.1, -0.05) is 24.3 Å². The minimum absolute atomic E-state index is 0.541. The highest BCUT2D eigenvalue weighted by atomic mass is 32.2. The van der Waals surface area contributed by atoms with Crippen molar-refractivity contribution in [3.63, 3.8) is 0 Å². The molecular formula is C12H14OS. The van der Waals surface area contributed by atoms with Crippen molar-refractivity contribution in [1.29, 1.82) is 0 Å². The molecule has 2 heteroatoms. The molecule has 2 rings (SSSR count). The Balaban J connectivity index is 2.08. The number of carbonyl (C=O) groups excluding carboxylic acids is 1. The van der Waals surface area contributed by atoms with Gasteiger partial charge in [-0.25, -0.2) is 0 Å². The van der Waals surface area contributed by atoms with E-state index in [4.69, 9.17) is 0 Å². The molecule has 0 bridgehead atoms. The van der Waals surface area contributed by atoms with Crippen LogP contribution in [0.3, 0.4) is 0 Å². The summed E-state index contributed by atoms with van der Waals surface area (Å²) in [6.07, 6.45) is 2.80. The van der Waals surface area contributed by atoms with Crippen molar-refractivity contribution in [1.82, 2.24) is 0 Å². The molecule has 0 spiro atoms. The van der Waals surface area contributed by atoms with Gasteiger partial charge in [-0.15, -0.1) is 0 Å². The van der Waals surface area contributed by atoms with Crippen molar-refractivity contribution in [2.45, 2.75) is 18.8 Å². The smallest absolute Gasteiger partial charge is 0.124 e. The molecule has 0 radical (unpaired) electrons. The van der Waals surface area contributed by atoms with E-state index in [0.29, 0.717) is 6.42 Å². The fourth-order valence-electron chi connectivity index (χ4n) is 1.82. The van der Waals surface area contributed by atoms with Crippen molar-refractivity contribution in [2.75, 3.05) is 11.5 Å². The van der Waals surface area contributed by atoms with Gasteiger partial charge in [0, 0.05) is 12.2 Å². The Morgan fingerprint density at radius 2 is 2.14 bits per heavy atom. The minimum Gasteiger partial charge on any atom is -0.303 e. The number of thioether (sulfide) groups is 1. The van der Waals surface area contributed by atoms with Crippen molar-refractivity contribution in [2.24, 2.45) is 0 Å². The van der Waals surface area contributed by atoms with Crippen LogP contribution in [0.2, 0.25) is 0 Å². The second kappa shape index (κ2) is 4.65. The van der Waals surface area contributed by atoms with Crippen LogP contribution in [0.15, 0.2) is 24.3 Å². The molecule has 0 aliphatic carbocycles. The van der Waals surface area contributed by atoms with Crippen LogP contribution in [0.25, 0.3) is 0 Å². The lowest BCUT2D eigenvalue weighted by Crippen LogP contribution is -1.96. The Morgan fingerprint density at radius 1 is 1.36 bits per heavy atom. The second-order valence-corrected chi connectivity index (χ2v) is 4.82. The van der Waals surface area contributed by atoms with E-state index in [1.54, 1.807) is 0 Å². The lowest BCUT2D eigenvalue weighted by molar-refractivity contribution is -0.107. The minimum atomic E-state index is 0.541. The zero-order valence-electron chi connectivity index (χ0n) is 8.11. The van der Waals surface area contributed by atoms with E-state index in [-0.39, 0.29) is 0 Å². The van der Waals surface area contributed by atoms with Crippen molar-refractivity contribution >= 4 is 18.0 Å². The number of hydrogen-bond acceptors (Lipinski definition) is 2. The van der Waals surface area contributed by atoms with E-state index in [1.807, 2.05) is 11.8 Å². The van der Waals surface area contributed by atoms with E-state index < -0.39 is 0 Å². The van der Waals surface area contributed by atoms with Crippen molar-refractivity contribution < 1.29 is 4.79 Å². The summed E-state index contributed by atoms with van der Waals surface area (Å²) in [6.45, 7) is 0. The van der Waals surface area contributed by atoms with Gasteiger partial charge < -0.3 is 4.79 Å². The first-order valence-corrected chi connectivity index (χ1v) is 6.16. The SMILES string of the molecule is O=CCc1ccc(C2CCSC2)cc1. The quantitative estimate of drug-likeness (QED) is 0.707. The zero-order chi connectivity index (χ0) is 9.80. The fraction of sp³-hybridized carbons (Fsp3) is 0.417. The van der Waals surface area contributed by atoms with Crippen LogP contribution in [0.1, 0.15) is 23.5 Å². The summed E-state index contributed by atoms with van der Waals surface area (Å²) in [5, 5.41) is 0. The number of rotatable bonds is 3. The van der Waals surface area contributed by atoms with Gasteiger partial charge in [0.25, 0.3) is 0 Å². The van der Waals surface area contributed by atoms with E-state index >= 15 is 0 Å². The maximum Gasteiger partial charge on any atom is 0.124 e.